The highest BCUT2D eigenvalue weighted by Gasteiger charge is 2.17. The van der Waals surface area contributed by atoms with Gasteiger partial charge < -0.3 is 9.64 Å². The van der Waals surface area contributed by atoms with Crippen LogP contribution < -0.4 is 9.64 Å². The van der Waals surface area contributed by atoms with Gasteiger partial charge in [0.25, 0.3) is 0 Å². The van der Waals surface area contributed by atoms with Crippen molar-refractivity contribution in [1.29, 1.82) is 0 Å². The molecule has 0 bridgehead atoms. The second kappa shape index (κ2) is 3.39. The van der Waals surface area contributed by atoms with Gasteiger partial charge in [-0.25, -0.2) is 0 Å². The third-order valence-electron chi connectivity index (χ3n) is 2.07. The molecule has 0 N–H and O–H groups in total. The van der Waals surface area contributed by atoms with Crippen LogP contribution >= 0.6 is 27.5 Å². The summed E-state index contributed by atoms with van der Waals surface area (Å²) in [5.41, 5.74) is 1.05. The van der Waals surface area contributed by atoms with Crippen molar-refractivity contribution in [1.82, 2.24) is 0 Å². The van der Waals surface area contributed by atoms with E-state index in [9.17, 15) is 0 Å². The van der Waals surface area contributed by atoms with Crippen LogP contribution in [0.5, 0.6) is 5.75 Å². The Labute approximate surface area is 90.6 Å². The number of halogens is 2. The van der Waals surface area contributed by atoms with Crippen molar-refractivity contribution in [2.45, 2.75) is 0 Å². The first kappa shape index (κ1) is 9.16. The predicted octanol–water partition coefficient (Wildman–Crippen LogP) is 2.93. The van der Waals surface area contributed by atoms with Crippen molar-refractivity contribution in [2.75, 3.05) is 25.1 Å². The molecule has 1 aromatic carbocycles. The van der Waals surface area contributed by atoms with Crippen LogP contribution in [0.15, 0.2) is 16.6 Å². The van der Waals surface area contributed by atoms with Gasteiger partial charge in [-0.1, -0.05) is 11.6 Å². The first-order valence-electron chi connectivity index (χ1n) is 4.01. The summed E-state index contributed by atoms with van der Waals surface area (Å²) in [6, 6.07) is 3.76. The summed E-state index contributed by atoms with van der Waals surface area (Å²) in [5.74, 6) is 0.887. The van der Waals surface area contributed by atoms with Gasteiger partial charge in [-0.3, -0.25) is 0 Å². The molecule has 0 atom stereocenters. The molecule has 70 valence electrons. The van der Waals surface area contributed by atoms with E-state index in [2.05, 4.69) is 20.8 Å². The van der Waals surface area contributed by atoms with E-state index in [4.69, 9.17) is 16.3 Å². The zero-order chi connectivity index (χ0) is 9.42. The average molecular weight is 263 g/mol. The minimum Gasteiger partial charge on any atom is -0.488 e. The van der Waals surface area contributed by atoms with Crippen LogP contribution in [0.3, 0.4) is 0 Å². The number of hydrogen-bond acceptors (Lipinski definition) is 2. The van der Waals surface area contributed by atoms with Crippen LogP contribution in [0.4, 0.5) is 5.69 Å². The Morgan fingerprint density at radius 3 is 3.08 bits per heavy atom. The number of ether oxygens (including phenoxy) is 1. The molecule has 4 heteroatoms. The van der Waals surface area contributed by atoms with Gasteiger partial charge in [0.15, 0.2) is 5.75 Å². The number of likely N-dealkylation sites (N-methyl/N-ethyl adjacent to an activating group) is 1. The molecule has 0 saturated heterocycles. The van der Waals surface area contributed by atoms with E-state index in [0.29, 0.717) is 0 Å². The maximum Gasteiger partial charge on any atom is 0.156 e. The second-order valence-electron chi connectivity index (χ2n) is 3.01. The van der Waals surface area contributed by atoms with Crippen molar-refractivity contribution in [3.63, 3.8) is 0 Å². The molecule has 1 aliphatic rings. The van der Waals surface area contributed by atoms with Crippen LogP contribution in [-0.4, -0.2) is 20.2 Å². The first-order valence-corrected chi connectivity index (χ1v) is 5.18. The number of nitrogens with zero attached hydrogens (tertiary/aromatic N) is 1. The monoisotopic (exact) mass is 261 g/mol. The second-order valence-corrected chi connectivity index (χ2v) is 4.30. The molecule has 0 saturated carbocycles. The lowest BCUT2D eigenvalue weighted by Crippen LogP contribution is -2.28. The van der Waals surface area contributed by atoms with Crippen LogP contribution in [0.2, 0.25) is 5.02 Å². The standard InChI is InChI=1S/C9H9BrClNO/c1-12-2-3-13-9-7(10)4-6(11)5-8(9)12/h4-5H,2-3H2,1H3. The molecule has 0 radical (unpaired) electrons. The zero-order valence-electron chi connectivity index (χ0n) is 7.18. The van der Waals surface area contributed by atoms with Crippen LogP contribution in [0, 0.1) is 0 Å². The van der Waals surface area contributed by atoms with E-state index in [1.807, 2.05) is 19.2 Å². The fourth-order valence-corrected chi connectivity index (χ4v) is 2.29. The van der Waals surface area contributed by atoms with Crippen LogP contribution in [0.25, 0.3) is 0 Å². The van der Waals surface area contributed by atoms with Gasteiger partial charge in [-0.2, -0.15) is 0 Å². The fourth-order valence-electron chi connectivity index (χ4n) is 1.38. The highest BCUT2D eigenvalue weighted by molar-refractivity contribution is 9.10. The molecule has 0 unspecified atom stereocenters. The van der Waals surface area contributed by atoms with E-state index in [0.717, 1.165) is 34.1 Å². The van der Waals surface area contributed by atoms with Crippen molar-refractivity contribution in [3.8, 4) is 5.75 Å². The Balaban J connectivity index is 2.56. The molecular weight excluding hydrogens is 253 g/mol. The summed E-state index contributed by atoms with van der Waals surface area (Å²) < 4.78 is 6.45. The maximum absolute atomic E-state index is 5.94. The van der Waals surface area contributed by atoms with E-state index in [-0.39, 0.29) is 0 Å². The SMILES string of the molecule is CN1CCOc2c(Br)cc(Cl)cc21. The molecule has 1 aromatic rings. The minimum absolute atomic E-state index is 0.725. The third kappa shape index (κ3) is 1.63. The van der Waals surface area contributed by atoms with Gasteiger partial charge in [0, 0.05) is 12.1 Å². The summed E-state index contributed by atoms with van der Waals surface area (Å²) in [5, 5.41) is 0.725. The molecule has 0 aliphatic carbocycles. The summed E-state index contributed by atoms with van der Waals surface area (Å²) in [7, 11) is 2.03. The predicted molar refractivity (Wildman–Crippen MR) is 57.9 cm³/mol. The van der Waals surface area contributed by atoms with Crippen LogP contribution in [0.1, 0.15) is 0 Å². The third-order valence-corrected chi connectivity index (χ3v) is 2.88. The molecule has 0 fully saturated rings. The zero-order valence-corrected chi connectivity index (χ0v) is 9.52. The fraction of sp³-hybridized carbons (Fsp3) is 0.333. The summed E-state index contributed by atoms with van der Waals surface area (Å²) in [6.07, 6.45) is 0. The highest BCUT2D eigenvalue weighted by atomic mass is 79.9. The topological polar surface area (TPSA) is 12.5 Å². The molecule has 13 heavy (non-hydrogen) atoms. The van der Waals surface area contributed by atoms with Gasteiger partial charge in [0.1, 0.15) is 6.61 Å². The Bertz CT molecular complexity index is 343. The number of anilines is 1. The molecule has 1 heterocycles. The first-order chi connectivity index (χ1) is 6.18. The molecule has 2 nitrogen and oxygen atoms in total. The van der Waals surface area contributed by atoms with Crippen molar-refractivity contribution in [2.24, 2.45) is 0 Å². The molecule has 2 rings (SSSR count). The quantitative estimate of drug-likeness (QED) is 0.713. The lowest BCUT2D eigenvalue weighted by atomic mass is 10.2. The Hall–Kier alpha value is -0.410. The Morgan fingerprint density at radius 2 is 2.31 bits per heavy atom. The lowest BCUT2D eigenvalue weighted by molar-refractivity contribution is 0.309. The van der Waals surface area contributed by atoms with Crippen molar-refractivity contribution >= 4 is 33.2 Å². The van der Waals surface area contributed by atoms with Crippen molar-refractivity contribution < 1.29 is 4.74 Å². The van der Waals surface area contributed by atoms with E-state index in [1.54, 1.807) is 0 Å². The number of rotatable bonds is 0. The van der Waals surface area contributed by atoms with Gasteiger partial charge in [-0.15, -0.1) is 0 Å². The van der Waals surface area contributed by atoms with E-state index < -0.39 is 0 Å². The van der Waals surface area contributed by atoms with Gasteiger partial charge >= 0.3 is 0 Å². The molecule has 0 spiro atoms. The lowest BCUT2D eigenvalue weighted by Gasteiger charge is -2.28. The Kier molecular flexibility index (Phi) is 2.39. The molecular formula is C9H9BrClNO. The summed E-state index contributed by atoms with van der Waals surface area (Å²) in [4.78, 5) is 2.13. The number of benzene rings is 1. The van der Waals surface area contributed by atoms with Gasteiger partial charge in [-0.05, 0) is 28.1 Å². The minimum atomic E-state index is 0.725. The largest absolute Gasteiger partial charge is 0.488 e. The van der Waals surface area contributed by atoms with Gasteiger partial charge in [0.2, 0.25) is 0 Å². The smallest absolute Gasteiger partial charge is 0.156 e. The highest BCUT2D eigenvalue weighted by Crippen LogP contribution is 2.39. The number of hydrogen-bond donors (Lipinski definition) is 0. The van der Waals surface area contributed by atoms with E-state index in [1.165, 1.54) is 0 Å². The maximum atomic E-state index is 5.94. The average Bonchev–Trinajstić information content (AvgIpc) is 2.07. The van der Waals surface area contributed by atoms with Crippen LogP contribution in [-0.2, 0) is 0 Å². The molecule has 0 amide bonds. The van der Waals surface area contributed by atoms with Crippen molar-refractivity contribution in [3.05, 3.63) is 21.6 Å². The van der Waals surface area contributed by atoms with Gasteiger partial charge in [0.05, 0.1) is 16.7 Å². The molecule has 0 aromatic heterocycles. The molecule has 1 aliphatic heterocycles. The number of fused-ring (bicyclic) bond motifs is 1. The van der Waals surface area contributed by atoms with E-state index >= 15 is 0 Å². The summed E-state index contributed by atoms with van der Waals surface area (Å²) in [6.45, 7) is 1.63. The summed E-state index contributed by atoms with van der Waals surface area (Å²) >= 11 is 9.36. The Morgan fingerprint density at radius 1 is 1.54 bits per heavy atom. The normalized spacial score (nSPS) is 15.2.